The molecular formula is C20H28N8O6. The number of nitrogens with two attached hydrogens (primary N) is 1. The lowest BCUT2D eigenvalue weighted by Gasteiger charge is -2.24. The van der Waals surface area contributed by atoms with Crippen molar-refractivity contribution in [2.75, 3.05) is 30.9 Å². The van der Waals surface area contributed by atoms with Gasteiger partial charge in [0.25, 0.3) is 11.1 Å². The number of aromatic nitrogens is 6. The van der Waals surface area contributed by atoms with Crippen LogP contribution in [-0.4, -0.2) is 54.4 Å². The summed E-state index contributed by atoms with van der Waals surface area (Å²) in [4.78, 5) is 70.6. The van der Waals surface area contributed by atoms with Crippen LogP contribution in [-0.2, 0) is 36.7 Å². The van der Waals surface area contributed by atoms with Crippen LogP contribution in [0.25, 0.3) is 11.2 Å². The zero-order chi connectivity index (χ0) is 25.2. The number of fused-ring (bicyclic) bond motifs is 1. The molecule has 0 aromatic carbocycles. The average Bonchev–Trinajstić information content (AvgIpc) is 3.21. The molecule has 0 saturated carbocycles. The number of hydrogen-bond donors (Lipinski definition) is 2. The molecule has 3 heterocycles. The van der Waals surface area contributed by atoms with Crippen LogP contribution in [0.2, 0.25) is 0 Å². The van der Waals surface area contributed by atoms with Gasteiger partial charge in [0, 0.05) is 34.3 Å². The first-order chi connectivity index (χ1) is 16.1. The maximum absolute atomic E-state index is 13.4. The SMILES string of the molecule is CCCCn1c(N)c(N(CCOC)C(=O)Cn2cnc3c2c(=O)n(C)c(=O)n3C)c(=O)[nH]c1=O. The van der Waals surface area contributed by atoms with E-state index < -0.39 is 28.4 Å². The molecule has 0 aliphatic heterocycles. The summed E-state index contributed by atoms with van der Waals surface area (Å²) >= 11 is 0. The van der Waals surface area contributed by atoms with E-state index in [-0.39, 0.29) is 48.9 Å². The van der Waals surface area contributed by atoms with Crippen molar-refractivity contribution < 1.29 is 9.53 Å². The van der Waals surface area contributed by atoms with Gasteiger partial charge in [-0.3, -0.25) is 33.1 Å². The highest BCUT2D eigenvalue weighted by Gasteiger charge is 2.25. The quantitative estimate of drug-likeness (QED) is 0.369. The number of aromatic amines is 1. The second kappa shape index (κ2) is 9.91. The van der Waals surface area contributed by atoms with E-state index in [0.29, 0.717) is 6.42 Å². The smallest absolute Gasteiger partial charge is 0.332 e. The standard InChI is InChI=1S/C20H28N8O6/c1-5-6-7-28-15(21)13(17(30)23-19(28)32)27(8-9-34-4)12(29)10-26-11-22-16-14(26)18(31)25(3)20(33)24(16)2/h11H,5-10,21H2,1-4H3,(H,23,30,32). The zero-order valence-corrected chi connectivity index (χ0v) is 19.5. The average molecular weight is 476 g/mol. The third kappa shape index (κ3) is 4.31. The molecule has 0 saturated heterocycles. The van der Waals surface area contributed by atoms with Crippen molar-refractivity contribution in [3.05, 3.63) is 48.0 Å². The summed E-state index contributed by atoms with van der Waals surface area (Å²) in [6, 6.07) is 0. The topological polar surface area (TPSA) is 172 Å². The van der Waals surface area contributed by atoms with Crippen molar-refractivity contribution in [1.29, 1.82) is 0 Å². The summed E-state index contributed by atoms with van der Waals surface area (Å²) < 4.78 is 9.72. The molecule has 3 N–H and O–H groups in total. The molecule has 0 aliphatic carbocycles. The second-order valence-corrected chi connectivity index (χ2v) is 7.79. The first kappa shape index (κ1) is 24.7. The van der Waals surface area contributed by atoms with Crippen molar-refractivity contribution in [3.63, 3.8) is 0 Å². The third-order valence-electron chi connectivity index (χ3n) is 5.56. The van der Waals surface area contributed by atoms with E-state index in [1.807, 2.05) is 6.92 Å². The summed E-state index contributed by atoms with van der Waals surface area (Å²) in [6.45, 7) is 1.89. The predicted octanol–water partition coefficient (Wildman–Crippen LogP) is -1.65. The lowest BCUT2D eigenvalue weighted by molar-refractivity contribution is -0.119. The lowest BCUT2D eigenvalue weighted by atomic mass is 10.3. The molecule has 0 unspecified atom stereocenters. The molecule has 3 aromatic rings. The molecule has 1 amide bonds. The van der Waals surface area contributed by atoms with Crippen molar-refractivity contribution in [2.24, 2.45) is 14.1 Å². The van der Waals surface area contributed by atoms with Gasteiger partial charge >= 0.3 is 11.4 Å². The number of hydrogen-bond acceptors (Lipinski definition) is 8. The van der Waals surface area contributed by atoms with Crippen molar-refractivity contribution in [3.8, 4) is 0 Å². The van der Waals surface area contributed by atoms with Gasteiger partial charge in [-0.15, -0.1) is 0 Å². The number of aryl methyl sites for hydroxylation is 1. The van der Waals surface area contributed by atoms with E-state index >= 15 is 0 Å². The normalized spacial score (nSPS) is 11.3. The number of anilines is 2. The van der Waals surface area contributed by atoms with E-state index in [1.165, 1.54) is 41.2 Å². The van der Waals surface area contributed by atoms with E-state index in [2.05, 4.69) is 9.97 Å². The Hall–Kier alpha value is -3.94. The van der Waals surface area contributed by atoms with Crippen LogP contribution < -0.4 is 33.1 Å². The van der Waals surface area contributed by atoms with Crippen LogP contribution in [0.5, 0.6) is 0 Å². The Morgan fingerprint density at radius 1 is 1.21 bits per heavy atom. The molecule has 34 heavy (non-hydrogen) atoms. The number of imidazole rings is 1. The summed E-state index contributed by atoms with van der Waals surface area (Å²) in [5, 5.41) is 0. The molecular weight excluding hydrogens is 448 g/mol. The van der Waals surface area contributed by atoms with Crippen LogP contribution in [0.4, 0.5) is 11.5 Å². The minimum atomic E-state index is -0.812. The van der Waals surface area contributed by atoms with E-state index in [1.54, 1.807) is 0 Å². The van der Waals surface area contributed by atoms with Gasteiger partial charge in [-0.05, 0) is 6.42 Å². The number of carbonyl (C=O) groups is 1. The Labute approximate surface area is 192 Å². The van der Waals surface area contributed by atoms with Gasteiger partial charge in [0.1, 0.15) is 12.4 Å². The van der Waals surface area contributed by atoms with E-state index in [0.717, 1.165) is 15.9 Å². The summed E-state index contributed by atoms with van der Waals surface area (Å²) in [6.07, 6.45) is 2.70. The Morgan fingerprint density at radius 2 is 1.91 bits per heavy atom. The summed E-state index contributed by atoms with van der Waals surface area (Å²) in [7, 11) is 4.23. The summed E-state index contributed by atoms with van der Waals surface area (Å²) in [5.74, 6) is -0.731. The number of nitrogens with zero attached hydrogens (tertiary/aromatic N) is 6. The predicted molar refractivity (Wildman–Crippen MR) is 125 cm³/mol. The van der Waals surface area contributed by atoms with Gasteiger partial charge in [0.2, 0.25) is 5.91 Å². The number of methoxy groups -OCH3 is 1. The van der Waals surface area contributed by atoms with Crippen molar-refractivity contribution >= 4 is 28.6 Å². The monoisotopic (exact) mass is 476 g/mol. The molecule has 0 spiro atoms. The molecule has 0 bridgehead atoms. The minimum Gasteiger partial charge on any atom is -0.383 e. The Balaban J connectivity index is 2.10. The molecule has 0 aliphatic rings. The Morgan fingerprint density at radius 3 is 2.56 bits per heavy atom. The molecule has 0 atom stereocenters. The molecule has 0 radical (unpaired) electrons. The molecule has 14 nitrogen and oxygen atoms in total. The van der Waals surface area contributed by atoms with E-state index in [4.69, 9.17) is 10.5 Å². The second-order valence-electron chi connectivity index (χ2n) is 7.79. The first-order valence-corrected chi connectivity index (χ1v) is 10.7. The number of nitrogens with one attached hydrogen (secondary N) is 1. The Bertz CT molecular complexity index is 1460. The van der Waals surface area contributed by atoms with Gasteiger partial charge in [0.15, 0.2) is 16.9 Å². The van der Waals surface area contributed by atoms with Gasteiger partial charge in [0.05, 0.1) is 12.9 Å². The largest absolute Gasteiger partial charge is 0.383 e. The number of H-pyrrole nitrogens is 1. The Kier molecular flexibility index (Phi) is 7.20. The fourth-order valence-electron chi connectivity index (χ4n) is 3.67. The molecule has 184 valence electrons. The highest BCUT2D eigenvalue weighted by atomic mass is 16.5. The minimum absolute atomic E-state index is 0.0300. The number of ether oxygens (including phenoxy) is 1. The zero-order valence-electron chi connectivity index (χ0n) is 19.5. The number of unbranched alkanes of at least 4 members (excludes halogenated alkanes) is 1. The van der Waals surface area contributed by atoms with Crippen LogP contribution >= 0.6 is 0 Å². The van der Waals surface area contributed by atoms with Gasteiger partial charge in [-0.25, -0.2) is 14.6 Å². The number of nitrogen functional groups attached to an aromatic ring is 1. The van der Waals surface area contributed by atoms with Gasteiger partial charge in [-0.1, -0.05) is 13.3 Å². The molecule has 14 heteroatoms. The number of amides is 1. The highest BCUT2D eigenvalue weighted by molar-refractivity contribution is 5.96. The number of rotatable bonds is 9. The lowest BCUT2D eigenvalue weighted by Crippen LogP contribution is -2.44. The summed E-state index contributed by atoms with van der Waals surface area (Å²) in [5.41, 5.74) is 3.54. The molecule has 3 rings (SSSR count). The molecule has 0 fully saturated rings. The van der Waals surface area contributed by atoms with Crippen LogP contribution in [0, 0.1) is 0 Å². The maximum atomic E-state index is 13.4. The van der Waals surface area contributed by atoms with Crippen molar-refractivity contribution in [2.45, 2.75) is 32.9 Å². The fourth-order valence-corrected chi connectivity index (χ4v) is 3.67. The third-order valence-corrected chi connectivity index (χ3v) is 5.56. The first-order valence-electron chi connectivity index (χ1n) is 10.7. The van der Waals surface area contributed by atoms with Crippen molar-refractivity contribution in [1.82, 2.24) is 28.2 Å². The molecule has 3 aromatic heterocycles. The van der Waals surface area contributed by atoms with E-state index in [9.17, 15) is 24.0 Å². The maximum Gasteiger partial charge on any atom is 0.332 e. The van der Waals surface area contributed by atoms with Crippen LogP contribution in [0.15, 0.2) is 25.5 Å². The van der Waals surface area contributed by atoms with Gasteiger partial charge in [-0.2, -0.15) is 0 Å². The van der Waals surface area contributed by atoms with Gasteiger partial charge < -0.3 is 19.9 Å². The van der Waals surface area contributed by atoms with Crippen LogP contribution in [0.3, 0.4) is 0 Å². The van der Waals surface area contributed by atoms with Crippen LogP contribution in [0.1, 0.15) is 19.8 Å². The fraction of sp³-hybridized carbons (Fsp3) is 0.500. The number of carbonyl (C=O) groups excluding carboxylic acids is 1. The highest BCUT2D eigenvalue weighted by Crippen LogP contribution is 2.18.